The van der Waals surface area contributed by atoms with Gasteiger partial charge in [-0.05, 0) is 42.0 Å². The van der Waals surface area contributed by atoms with Gasteiger partial charge in [0, 0.05) is 25.0 Å². The zero-order valence-electron chi connectivity index (χ0n) is 18.0. The monoisotopic (exact) mass is 455 g/mol. The lowest BCUT2D eigenvalue weighted by Crippen LogP contribution is -2.04. The molecule has 1 aromatic carbocycles. The van der Waals surface area contributed by atoms with Crippen LogP contribution in [0.15, 0.2) is 67.1 Å². The molecule has 5 aromatic rings. The summed E-state index contributed by atoms with van der Waals surface area (Å²) >= 11 is 0. The lowest BCUT2D eigenvalue weighted by atomic mass is 10.2. The quantitative estimate of drug-likeness (QED) is 0.398. The zero-order valence-corrected chi connectivity index (χ0v) is 18.0. The number of imidazole rings is 1. The SMILES string of the molecule is CC(=O)OCc1ccc(-n2c(-c3nccnc3N)nc3ccc(-c4ccc(F)cn4)nc32)cc1. The molecule has 0 saturated carbocycles. The molecule has 0 saturated heterocycles. The first-order chi connectivity index (χ1) is 16.5. The Morgan fingerprint density at radius 3 is 2.44 bits per heavy atom. The molecular weight excluding hydrogens is 437 g/mol. The van der Waals surface area contributed by atoms with Gasteiger partial charge in [-0.3, -0.25) is 14.3 Å². The van der Waals surface area contributed by atoms with Gasteiger partial charge in [-0.25, -0.2) is 24.3 Å². The fraction of sp³-hybridized carbons (Fsp3) is 0.0833. The van der Waals surface area contributed by atoms with Gasteiger partial charge in [0.05, 0.1) is 17.6 Å². The predicted molar refractivity (Wildman–Crippen MR) is 123 cm³/mol. The molecule has 10 heteroatoms. The van der Waals surface area contributed by atoms with Crippen LogP contribution < -0.4 is 5.73 Å². The summed E-state index contributed by atoms with van der Waals surface area (Å²) < 4.78 is 20.2. The highest BCUT2D eigenvalue weighted by molar-refractivity contribution is 5.83. The molecule has 0 unspecified atom stereocenters. The predicted octanol–water partition coefficient (Wildman–Crippen LogP) is 3.72. The number of rotatable bonds is 5. The second-order valence-corrected chi connectivity index (χ2v) is 7.41. The Labute approximate surface area is 193 Å². The third kappa shape index (κ3) is 4.04. The number of hydrogen-bond donors (Lipinski definition) is 1. The number of halogens is 1. The third-order valence-electron chi connectivity index (χ3n) is 5.07. The van der Waals surface area contributed by atoms with Gasteiger partial charge in [0.25, 0.3) is 0 Å². The minimum absolute atomic E-state index is 0.170. The van der Waals surface area contributed by atoms with Crippen molar-refractivity contribution in [2.24, 2.45) is 0 Å². The van der Waals surface area contributed by atoms with Crippen molar-refractivity contribution in [2.45, 2.75) is 13.5 Å². The van der Waals surface area contributed by atoms with Crippen molar-refractivity contribution in [1.29, 1.82) is 0 Å². The van der Waals surface area contributed by atoms with Crippen molar-refractivity contribution in [1.82, 2.24) is 29.5 Å². The first kappa shape index (κ1) is 21.1. The maximum absolute atomic E-state index is 13.4. The molecule has 0 amide bonds. The molecule has 5 rings (SSSR count). The molecule has 0 aliphatic heterocycles. The smallest absolute Gasteiger partial charge is 0.302 e. The van der Waals surface area contributed by atoms with E-state index in [1.54, 1.807) is 18.3 Å². The van der Waals surface area contributed by atoms with E-state index in [9.17, 15) is 9.18 Å². The van der Waals surface area contributed by atoms with Crippen LogP contribution in [0.2, 0.25) is 0 Å². The number of nitrogen functional groups attached to an aromatic ring is 1. The largest absolute Gasteiger partial charge is 0.461 e. The maximum atomic E-state index is 13.4. The fourth-order valence-electron chi connectivity index (χ4n) is 3.48. The first-order valence-corrected chi connectivity index (χ1v) is 10.3. The van der Waals surface area contributed by atoms with E-state index in [0.717, 1.165) is 17.4 Å². The van der Waals surface area contributed by atoms with Crippen LogP contribution in [-0.2, 0) is 16.1 Å². The van der Waals surface area contributed by atoms with Gasteiger partial charge in [-0.1, -0.05) is 12.1 Å². The van der Waals surface area contributed by atoms with Crippen molar-refractivity contribution in [2.75, 3.05) is 5.73 Å². The maximum Gasteiger partial charge on any atom is 0.302 e. The molecule has 9 nitrogen and oxygen atoms in total. The van der Waals surface area contributed by atoms with Crippen LogP contribution in [0, 0.1) is 5.82 Å². The summed E-state index contributed by atoms with van der Waals surface area (Å²) in [6.45, 7) is 1.53. The number of carbonyl (C=O) groups excluding carboxylic acids is 1. The Balaban J connectivity index is 1.68. The molecule has 0 fully saturated rings. The van der Waals surface area contributed by atoms with E-state index < -0.39 is 5.82 Å². The van der Waals surface area contributed by atoms with Crippen LogP contribution >= 0.6 is 0 Å². The van der Waals surface area contributed by atoms with Crippen LogP contribution in [0.3, 0.4) is 0 Å². The minimum Gasteiger partial charge on any atom is -0.461 e. The van der Waals surface area contributed by atoms with E-state index in [-0.39, 0.29) is 18.4 Å². The van der Waals surface area contributed by atoms with E-state index >= 15 is 0 Å². The summed E-state index contributed by atoms with van der Waals surface area (Å²) in [6.07, 6.45) is 4.19. The van der Waals surface area contributed by atoms with Crippen LogP contribution in [0.5, 0.6) is 0 Å². The summed E-state index contributed by atoms with van der Waals surface area (Å²) in [6, 6.07) is 13.9. The third-order valence-corrected chi connectivity index (χ3v) is 5.07. The van der Waals surface area contributed by atoms with E-state index in [0.29, 0.717) is 34.1 Å². The molecule has 34 heavy (non-hydrogen) atoms. The summed E-state index contributed by atoms with van der Waals surface area (Å²) in [5.74, 6) is -0.0867. The van der Waals surface area contributed by atoms with Gasteiger partial charge in [-0.2, -0.15) is 0 Å². The van der Waals surface area contributed by atoms with E-state index in [1.807, 2.05) is 34.9 Å². The van der Waals surface area contributed by atoms with Crippen LogP contribution in [0.4, 0.5) is 10.2 Å². The number of anilines is 1. The Morgan fingerprint density at radius 2 is 1.74 bits per heavy atom. The highest BCUT2D eigenvalue weighted by atomic mass is 19.1. The van der Waals surface area contributed by atoms with Crippen molar-refractivity contribution in [3.8, 4) is 28.6 Å². The highest BCUT2D eigenvalue weighted by Gasteiger charge is 2.20. The first-order valence-electron chi connectivity index (χ1n) is 10.3. The zero-order chi connectivity index (χ0) is 23.7. The lowest BCUT2D eigenvalue weighted by Gasteiger charge is -2.11. The number of carbonyl (C=O) groups is 1. The van der Waals surface area contributed by atoms with Crippen molar-refractivity contribution in [3.05, 3.63) is 78.5 Å². The molecule has 168 valence electrons. The Bertz CT molecular complexity index is 1500. The van der Waals surface area contributed by atoms with E-state index in [4.69, 9.17) is 20.4 Å². The van der Waals surface area contributed by atoms with Gasteiger partial charge in [-0.15, -0.1) is 0 Å². The second-order valence-electron chi connectivity index (χ2n) is 7.41. The number of hydrogen-bond acceptors (Lipinski definition) is 8. The number of fused-ring (bicyclic) bond motifs is 1. The fourth-order valence-corrected chi connectivity index (χ4v) is 3.48. The van der Waals surface area contributed by atoms with Gasteiger partial charge >= 0.3 is 5.97 Å². The number of benzene rings is 1. The second kappa shape index (κ2) is 8.66. The van der Waals surface area contributed by atoms with Crippen LogP contribution in [0.25, 0.3) is 39.8 Å². The summed E-state index contributed by atoms with van der Waals surface area (Å²) in [4.78, 5) is 33.3. The Hall–Kier alpha value is -4.73. The van der Waals surface area contributed by atoms with Crippen molar-refractivity contribution < 1.29 is 13.9 Å². The Kier molecular flexibility index (Phi) is 5.38. The molecule has 0 atom stereocenters. The minimum atomic E-state index is -0.427. The molecule has 2 N–H and O–H groups in total. The molecular formula is C24H18FN7O2. The van der Waals surface area contributed by atoms with E-state index in [2.05, 4.69) is 15.0 Å². The summed E-state index contributed by atoms with van der Waals surface area (Å²) in [7, 11) is 0. The van der Waals surface area contributed by atoms with Gasteiger partial charge < -0.3 is 10.5 Å². The lowest BCUT2D eigenvalue weighted by molar-refractivity contribution is -0.142. The standard InChI is InChI=1S/C24H18FN7O2/c1-14(33)34-13-15-2-5-17(6-3-15)32-23-20(31-24(32)21-22(26)28-11-10-27-21)9-8-19(30-23)18-7-4-16(25)12-29-18/h2-12H,13H2,1H3,(H2,26,28). The Morgan fingerprint density at radius 1 is 0.971 bits per heavy atom. The molecule has 0 bridgehead atoms. The van der Waals surface area contributed by atoms with Crippen LogP contribution in [-0.4, -0.2) is 35.5 Å². The number of aromatic nitrogens is 6. The van der Waals surface area contributed by atoms with E-state index in [1.165, 1.54) is 19.2 Å². The number of esters is 1. The molecule has 0 spiro atoms. The molecule has 4 aromatic heterocycles. The molecule has 0 radical (unpaired) electrons. The van der Waals surface area contributed by atoms with Crippen molar-refractivity contribution >= 4 is 23.0 Å². The number of nitrogens with two attached hydrogens (primary N) is 1. The van der Waals surface area contributed by atoms with Crippen molar-refractivity contribution in [3.63, 3.8) is 0 Å². The number of ether oxygens (including phenoxy) is 1. The number of pyridine rings is 2. The van der Waals surface area contributed by atoms with Gasteiger partial charge in [0.2, 0.25) is 0 Å². The molecule has 0 aliphatic rings. The highest BCUT2D eigenvalue weighted by Crippen LogP contribution is 2.30. The van der Waals surface area contributed by atoms with Gasteiger partial charge in [0.1, 0.15) is 23.6 Å². The average Bonchev–Trinajstić information content (AvgIpc) is 3.22. The topological polar surface area (TPSA) is 122 Å². The van der Waals surface area contributed by atoms with Crippen LogP contribution in [0.1, 0.15) is 12.5 Å². The van der Waals surface area contributed by atoms with Gasteiger partial charge in [0.15, 0.2) is 17.3 Å². The summed E-state index contributed by atoms with van der Waals surface area (Å²) in [5.41, 5.74) is 10.3. The molecule has 0 aliphatic carbocycles. The summed E-state index contributed by atoms with van der Waals surface area (Å²) in [5, 5.41) is 0. The molecule has 4 heterocycles. The number of nitrogens with zero attached hydrogens (tertiary/aromatic N) is 6. The average molecular weight is 455 g/mol. The normalized spacial score (nSPS) is 11.0.